The van der Waals surface area contributed by atoms with Crippen molar-refractivity contribution in [3.05, 3.63) is 121 Å². The second-order valence-corrected chi connectivity index (χ2v) is 17.5. The Morgan fingerprint density at radius 2 is 0.514 bits per heavy atom. The van der Waals surface area contributed by atoms with Crippen molar-refractivity contribution in [3.63, 3.8) is 0 Å². The molecule has 3 radical (unpaired) electrons. The zero-order chi connectivity index (χ0) is 24.6. The third-order valence-corrected chi connectivity index (χ3v) is 12.4. The van der Waals surface area contributed by atoms with Gasteiger partial charge in [0.25, 0.3) is 0 Å². The van der Waals surface area contributed by atoms with Gasteiger partial charge in [0.15, 0.2) is 0 Å². The maximum Gasteiger partial charge on any atom is 0.126 e. The summed E-state index contributed by atoms with van der Waals surface area (Å²) in [5.74, 6) is 0. The van der Waals surface area contributed by atoms with Crippen molar-refractivity contribution >= 4 is 38.3 Å². The largest absolute Gasteiger partial charge is 0.126 e. The first-order valence-electron chi connectivity index (χ1n) is 12.1. The van der Waals surface area contributed by atoms with Crippen LogP contribution in [0.25, 0.3) is 0 Å². The molecule has 0 fully saturated rings. The maximum absolute atomic E-state index is 2.35. The van der Waals surface area contributed by atoms with Crippen LogP contribution in [-0.4, -0.2) is 17.6 Å². The fourth-order valence-electron chi connectivity index (χ4n) is 4.48. The molecule has 4 rings (SSSR count). The molecule has 0 N–H and O–H groups in total. The minimum absolute atomic E-state index is 0. The van der Waals surface area contributed by atoms with E-state index in [0.29, 0.717) is 10.1 Å². The van der Waals surface area contributed by atoms with Gasteiger partial charge in [-0.25, -0.2) is 0 Å². The summed E-state index contributed by atoms with van der Waals surface area (Å²) < 4.78 is 0. The van der Waals surface area contributed by atoms with Crippen LogP contribution in [0.15, 0.2) is 121 Å². The standard InChI is InChI=1S/2C16H19Si.Cu/c2*1-16(2,3)17(14-10-6-4-7-11-14)15-12-8-5-9-13-15;/h2*4-13H,1-3H3;. The summed E-state index contributed by atoms with van der Waals surface area (Å²) in [7, 11) is -1.43. The average molecular weight is 542 g/mol. The van der Waals surface area contributed by atoms with Crippen molar-refractivity contribution in [1.29, 1.82) is 0 Å². The molecule has 0 aliphatic carbocycles. The van der Waals surface area contributed by atoms with Crippen LogP contribution < -0.4 is 20.7 Å². The summed E-state index contributed by atoms with van der Waals surface area (Å²) >= 11 is 0. The molecule has 0 aromatic heterocycles. The molecular formula is C32H38CuSi2. The van der Waals surface area contributed by atoms with Gasteiger partial charge in [0.2, 0.25) is 0 Å². The van der Waals surface area contributed by atoms with Crippen LogP contribution >= 0.6 is 0 Å². The normalized spacial score (nSPS) is 11.4. The summed E-state index contributed by atoms with van der Waals surface area (Å²) in [4.78, 5) is 0. The molecule has 0 amide bonds. The Morgan fingerprint density at radius 3 is 0.657 bits per heavy atom. The maximum atomic E-state index is 2.35. The summed E-state index contributed by atoms with van der Waals surface area (Å²) in [6.07, 6.45) is 0. The third kappa shape index (κ3) is 8.47. The number of hydrogen-bond acceptors (Lipinski definition) is 0. The third-order valence-electron chi connectivity index (χ3n) is 5.75. The van der Waals surface area contributed by atoms with E-state index in [-0.39, 0.29) is 17.1 Å². The quantitative estimate of drug-likeness (QED) is 0.270. The van der Waals surface area contributed by atoms with Gasteiger partial charge >= 0.3 is 0 Å². The van der Waals surface area contributed by atoms with E-state index < -0.39 is 17.6 Å². The molecule has 4 aromatic rings. The molecule has 0 unspecified atom stereocenters. The van der Waals surface area contributed by atoms with E-state index in [0.717, 1.165) is 0 Å². The zero-order valence-electron chi connectivity index (χ0n) is 21.8. The van der Waals surface area contributed by atoms with E-state index in [2.05, 4.69) is 163 Å². The SMILES string of the molecule is CC(C)(C)[Si](c1ccccc1)c1ccccc1.CC(C)(C)[Si](c1ccccc1)c1ccccc1.[Cu]. The van der Waals surface area contributed by atoms with E-state index in [1.54, 1.807) is 0 Å². The van der Waals surface area contributed by atoms with Gasteiger partial charge in [0, 0.05) is 17.1 Å². The van der Waals surface area contributed by atoms with Crippen LogP contribution in [0.1, 0.15) is 41.5 Å². The topological polar surface area (TPSA) is 0 Å². The Hall–Kier alpha value is -2.17. The predicted octanol–water partition coefficient (Wildman–Crippen LogP) is 6.19. The first-order chi connectivity index (χ1) is 16.2. The molecule has 0 nitrogen and oxygen atoms in total. The summed E-state index contributed by atoms with van der Waals surface area (Å²) in [5.41, 5.74) is 0. The first-order valence-corrected chi connectivity index (χ1v) is 15.1. The van der Waals surface area contributed by atoms with Gasteiger partial charge in [0.05, 0.1) is 0 Å². The van der Waals surface area contributed by atoms with Crippen molar-refractivity contribution in [2.24, 2.45) is 0 Å². The Kier molecular flexibility index (Phi) is 11.0. The second-order valence-electron chi connectivity index (χ2n) is 10.7. The molecule has 0 atom stereocenters. The van der Waals surface area contributed by atoms with Crippen molar-refractivity contribution in [2.75, 3.05) is 0 Å². The Balaban J connectivity index is 0.000000240. The van der Waals surface area contributed by atoms with Crippen LogP contribution in [0.2, 0.25) is 10.1 Å². The Bertz CT molecular complexity index is 928. The zero-order valence-corrected chi connectivity index (χ0v) is 24.8. The van der Waals surface area contributed by atoms with Gasteiger partial charge in [0.1, 0.15) is 17.6 Å². The fraction of sp³-hybridized carbons (Fsp3) is 0.250. The van der Waals surface area contributed by atoms with Crippen molar-refractivity contribution in [2.45, 2.75) is 51.6 Å². The monoisotopic (exact) mass is 541 g/mol. The van der Waals surface area contributed by atoms with E-state index in [9.17, 15) is 0 Å². The number of benzene rings is 4. The van der Waals surface area contributed by atoms with Gasteiger partial charge in [-0.1, -0.05) is 184 Å². The average Bonchev–Trinajstić information content (AvgIpc) is 2.81. The van der Waals surface area contributed by atoms with Crippen molar-refractivity contribution in [3.8, 4) is 0 Å². The molecule has 0 aliphatic rings. The van der Waals surface area contributed by atoms with Gasteiger partial charge in [-0.05, 0) is 10.1 Å². The van der Waals surface area contributed by atoms with Crippen LogP contribution in [0, 0.1) is 0 Å². The summed E-state index contributed by atoms with van der Waals surface area (Å²) in [6, 6.07) is 43.7. The molecule has 0 saturated heterocycles. The molecular weight excluding hydrogens is 504 g/mol. The van der Waals surface area contributed by atoms with Gasteiger partial charge in [-0.2, -0.15) is 0 Å². The molecule has 0 spiro atoms. The number of rotatable bonds is 4. The second kappa shape index (κ2) is 13.2. The van der Waals surface area contributed by atoms with Crippen LogP contribution in [0.4, 0.5) is 0 Å². The molecule has 4 aromatic carbocycles. The fourth-order valence-corrected chi connectivity index (χ4v) is 10.7. The molecule has 0 aliphatic heterocycles. The Morgan fingerprint density at radius 1 is 0.343 bits per heavy atom. The van der Waals surface area contributed by atoms with Gasteiger partial charge in [-0.3, -0.25) is 0 Å². The molecule has 3 heteroatoms. The predicted molar refractivity (Wildman–Crippen MR) is 155 cm³/mol. The summed E-state index contributed by atoms with van der Waals surface area (Å²) in [5, 5.41) is 6.64. The van der Waals surface area contributed by atoms with Crippen molar-refractivity contribution in [1.82, 2.24) is 0 Å². The smallest absolute Gasteiger partial charge is 0.0628 e. The summed E-state index contributed by atoms with van der Waals surface area (Å²) in [6.45, 7) is 14.1. The molecule has 185 valence electrons. The van der Waals surface area contributed by atoms with E-state index >= 15 is 0 Å². The molecule has 0 saturated carbocycles. The van der Waals surface area contributed by atoms with E-state index in [1.165, 1.54) is 20.7 Å². The molecule has 0 bridgehead atoms. The Labute approximate surface area is 227 Å². The minimum Gasteiger partial charge on any atom is -0.0628 e. The van der Waals surface area contributed by atoms with Crippen molar-refractivity contribution < 1.29 is 17.1 Å². The minimum atomic E-state index is -0.715. The number of hydrogen-bond donors (Lipinski definition) is 0. The first kappa shape index (κ1) is 29.1. The van der Waals surface area contributed by atoms with E-state index in [4.69, 9.17) is 0 Å². The molecule has 0 heterocycles. The van der Waals surface area contributed by atoms with Crippen LogP contribution in [-0.2, 0) is 17.1 Å². The van der Waals surface area contributed by atoms with E-state index in [1.807, 2.05) is 0 Å². The van der Waals surface area contributed by atoms with Crippen LogP contribution in [0.5, 0.6) is 0 Å². The molecule has 35 heavy (non-hydrogen) atoms. The van der Waals surface area contributed by atoms with Crippen LogP contribution in [0.3, 0.4) is 0 Å². The van der Waals surface area contributed by atoms with Gasteiger partial charge < -0.3 is 0 Å². The van der Waals surface area contributed by atoms with Gasteiger partial charge in [-0.15, -0.1) is 0 Å².